The van der Waals surface area contributed by atoms with Crippen molar-refractivity contribution in [3.63, 3.8) is 0 Å². The second-order valence-corrected chi connectivity index (χ2v) is 7.59. The monoisotopic (exact) mass is 342 g/mol. The molecular formula is C14H14O6S2. The van der Waals surface area contributed by atoms with Crippen LogP contribution in [0.4, 0.5) is 0 Å². The molecule has 22 heavy (non-hydrogen) atoms. The molecule has 8 heteroatoms. The van der Waals surface area contributed by atoms with Crippen LogP contribution in [0.3, 0.4) is 0 Å². The lowest BCUT2D eigenvalue weighted by molar-refractivity contribution is -0.0856. The van der Waals surface area contributed by atoms with Crippen molar-refractivity contribution in [3.05, 3.63) is 71.8 Å². The summed E-state index contributed by atoms with van der Waals surface area (Å²) in [4.78, 5) is 0. The Labute approximate surface area is 129 Å². The Balaban J connectivity index is 1.96. The first-order valence-electron chi connectivity index (χ1n) is 6.27. The van der Waals surface area contributed by atoms with E-state index < -0.39 is 31.7 Å². The summed E-state index contributed by atoms with van der Waals surface area (Å²) in [5.74, 6) is -0.955. The molecule has 0 saturated heterocycles. The standard InChI is InChI=1S/C14H14O6S2/c15-21(16,11-13-7-3-1-4-8-13)19-20-22(17,18)12-14-9-5-2-6-10-14/h1-10H,11-12H2. The van der Waals surface area contributed by atoms with Crippen molar-refractivity contribution in [2.45, 2.75) is 11.5 Å². The molecule has 0 N–H and O–H groups in total. The summed E-state index contributed by atoms with van der Waals surface area (Å²) in [6, 6.07) is 16.5. The van der Waals surface area contributed by atoms with Crippen LogP contribution in [0.15, 0.2) is 60.7 Å². The molecule has 6 nitrogen and oxygen atoms in total. The van der Waals surface area contributed by atoms with Gasteiger partial charge in [0.15, 0.2) is 0 Å². The molecule has 0 saturated carbocycles. The average molecular weight is 342 g/mol. The highest BCUT2D eigenvalue weighted by molar-refractivity contribution is 7.88. The Kier molecular flexibility index (Phi) is 5.30. The van der Waals surface area contributed by atoms with Crippen molar-refractivity contribution >= 4 is 20.2 Å². The lowest BCUT2D eigenvalue weighted by atomic mass is 10.2. The van der Waals surface area contributed by atoms with Gasteiger partial charge < -0.3 is 0 Å². The van der Waals surface area contributed by atoms with Gasteiger partial charge in [-0.05, 0) is 11.1 Å². The fraction of sp³-hybridized carbons (Fsp3) is 0.143. The molecule has 0 amide bonds. The SMILES string of the molecule is O=S(=O)(Cc1ccccc1)OOS(=O)(=O)Cc1ccccc1. The molecule has 118 valence electrons. The first-order valence-corrected chi connectivity index (χ1v) is 9.43. The summed E-state index contributed by atoms with van der Waals surface area (Å²) in [7, 11) is -8.32. The van der Waals surface area contributed by atoms with Crippen LogP contribution in [-0.4, -0.2) is 16.8 Å². The Morgan fingerprint density at radius 1 is 0.591 bits per heavy atom. The zero-order valence-corrected chi connectivity index (χ0v) is 13.1. The van der Waals surface area contributed by atoms with Crippen LogP contribution < -0.4 is 0 Å². The van der Waals surface area contributed by atoms with Crippen LogP contribution in [0.25, 0.3) is 0 Å². The summed E-state index contributed by atoms with van der Waals surface area (Å²) >= 11 is 0. The lowest BCUT2D eigenvalue weighted by Crippen LogP contribution is -2.15. The predicted molar refractivity (Wildman–Crippen MR) is 80.3 cm³/mol. The molecule has 0 aliphatic rings. The number of benzene rings is 2. The van der Waals surface area contributed by atoms with E-state index >= 15 is 0 Å². The van der Waals surface area contributed by atoms with E-state index in [1.165, 1.54) is 0 Å². The van der Waals surface area contributed by atoms with Crippen molar-refractivity contribution < 1.29 is 25.5 Å². The number of rotatable bonds is 7. The van der Waals surface area contributed by atoms with Crippen molar-refractivity contribution in [2.75, 3.05) is 0 Å². The van der Waals surface area contributed by atoms with E-state index in [1.807, 2.05) is 0 Å². The van der Waals surface area contributed by atoms with Gasteiger partial charge in [-0.1, -0.05) is 69.3 Å². The maximum absolute atomic E-state index is 11.7. The highest BCUT2D eigenvalue weighted by Crippen LogP contribution is 2.12. The topological polar surface area (TPSA) is 86.7 Å². The molecule has 0 spiro atoms. The largest absolute Gasteiger partial charge is 0.298 e. The van der Waals surface area contributed by atoms with Crippen LogP contribution in [-0.2, 0) is 40.4 Å². The van der Waals surface area contributed by atoms with E-state index in [0.29, 0.717) is 11.1 Å². The van der Waals surface area contributed by atoms with Crippen molar-refractivity contribution in [1.82, 2.24) is 0 Å². The third kappa shape index (κ3) is 5.57. The first-order chi connectivity index (χ1) is 10.4. The van der Waals surface area contributed by atoms with Gasteiger partial charge in [0.1, 0.15) is 11.5 Å². The van der Waals surface area contributed by atoms with Gasteiger partial charge in [0.2, 0.25) is 0 Å². The average Bonchev–Trinajstić information content (AvgIpc) is 2.47. The van der Waals surface area contributed by atoms with E-state index in [-0.39, 0.29) is 0 Å². The minimum Gasteiger partial charge on any atom is -0.197 e. The number of hydrogen-bond donors (Lipinski definition) is 0. The molecule has 2 aromatic carbocycles. The minimum atomic E-state index is -4.16. The smallest absolute Gasteiger partial charge is 0.197 e. The Morgan fingerprint density at radius 3 is 1.23 bits per heavy atom. The Morgan fingerprint density at radius 2 is 0.909 bits per heavy atom. The van der Waals surface area contributed by atoms with E-state index in [1.54, 1.807) is 60.7 Å². The first kappa shape index (κ1) is 16.6. The van der Waals surface area contributed by atoms with Gasteiger partial charge in [-0.15, -0.1) is 0 Å². The quantitative estimate of drug-likeness (QED) is 0.565. The van der Waals surface area contributed by atoms with Gasteiger partial charge in [0, 0.05) is 0 Å². The highest BCUT2D eigenvalue weighted by Gasteiger charge is 2.21. The van der Waals surface area contributed by atoms with E-state index in [4.69, 9.17) is 0 Å². The van der Waals surface area contributed by atoms with Gasteiger partial charge in [0.25, 0.3) is 20.2 Å². The molecular weight excluding hydrogens is 328 g/mol. The second-order valence-electron chi connectivity index (χ2n) is 4.51. The zero-order chi connectivity index (χ0) is 16.1. The molecule has 2 aromatic rings. The van der Waals surface area contributed by atoms with Gasteiger partial charge in [-0.3, -0.25) is 0 Å². The third-order valence-corrected chi connectivity index (χ3v) is 4.62. The minimum absolute atomic E-state index is 0.464. The number of hydrogen-bond acceptors (Lipinski definition) is 6. The lowest BCUT2D eigenvalue weighted by Gasteiger charge is -2.06. The molecule has 0 bridgehead atoms. The molecule has 0 aliphatic carbocycles. The van der Waals surface area contributed by atoms with E-state index in [0.717, 1.165) is 0 Å². The maximum atomic E-state index is 11.7. The molecule has 0 aliphatic heterocycles. The van der Waals surface area contributed by atoms with Crippen molar-refractivity contribution in [1.29, 1.82) is 0 Å². The maximum Gasteiger partial charge on any atom is 0.298 e. The summed E-state index contributed by atoms with van der Waals surface area (Å²) in [6.45, 7) is 0. The Hall–Kier alpha value is -1.74. The summed E-state index contributed by atoms with van der Waals surface area (Å²) in [5.41, 5.74) is 0.929. The van der Waals surface area contributed by atoms with Gasteiger partial charge >= 0.3 is 0 Å². The molecule has 0 atom stereocenters. The fourth-order valence-corrected chi connectivity index (χ4v) is 3.66. The van der Waals surface area contributed by atoms with Crippen LogP contribution in [0.1, 0.15) is 11.1 Å². The van der Waals surface area contributed by atoms with Crippen LogP contribution in [0.5, 0.6) is 0 Å². The summed E-state index contributed by atoms with van der Waals surface area (Å²) in [6.07, 6.45) is 0. The Bertz CT molecular complexity index is 727. The predicted octanol–water partition coefficient (Wildman–Crippen LogP) is 1.99. The fourth-order valence-electron chi connectivity index (χ4n) is 1.69. The highest BCUT2D eigenvalue weighted by atomic mass is 32.2. The zero-order valence-electron chi connectivity index (χ0n) is 11.5. The normalized spacial score (nSPS) is 12.2. The molecule has 0 radical (unpaired) electrons. The van der Waals surface area contributed by atoms with Crippen LogP contribution in [0, 0.1) is 0 Å². The molecule has 0 heterocycles. The molecule has 2 rings (SSSR count). The molecule has 0 aromatic heterocycles. The molecule has 0 unspecified atom stereocenters. The van der Waals surface area contributed by atoms with Crippen LogP contribution >= 0.6 is 0 Å². The van der Waals surface area contributed by atoms with Gasteiger partial charge in [-0.2, -0.15) is 16.8 Å². The van der Waals surface area contributed by atoms with Crippen molar-refractivity contribution in [2.24, 2.45) is 0 Å². The second kappa shape index (κ2) is 7.01. The summed E-state index contributed by atoms with van der Waals surface area (Å²) in [5, 5.41) is 0. The third-order valence-electron chi connectivity index (χ3n) is 2.61. The molecule has 0 fully saturated rings. The van der Waals surface area contributed by atoms with E-state index in [9.17, 15) is 16.8 Å². The van der Waals surface area contributed by atoms with Gasteiger partial charge in [-0.25, -0.2) is 0 Å². The van der Waals surface area contributed by atoms with Crippen molar-refractivity contribution in [3.8, 4) is 0 Å². The van der Waals surface area contributed by atoms with Gasteiger partial charge in [0.05, 0.1) is 0 Å². The van der Waals surface area contributed by atoms with Crippen LogP contribution in [0.2, 0.25) is 0 Å². The summed E-state index contributed by atoms with van der Waals surface area (Å²) < 4.78 is 55.1. The van der Waals surface area contributed by atoms with E-state index in [2.05, 4.69) is 8.67 Å².